The number of aromatic nitrogens is 4. The summed E-state index contributed by atoms with van der Waals surface area (Å²) >= 11 is 0. The third kappa shape index (κ3) is 1.18. The molecule has 0 saturated carbocycles. The Bertz CT molecular complexity index is 366. The van der Waals surface area contributed by atoms with Gasteiger partial charge in [0.25, 0.3) is 0 Å². The molecule has 60 valence electrons. The molecular weight excluding hydrogens is 152 g/mol. The molecule has 12 heavy (non-hydrogen) atoms. The van der Waals surface area contributed by atoms with Crippen molar-refractivity contribution < 1.29 is 0 Å². The minimum absolute atomic E-state index is 0.602. The average Bonchev–Trinajstić information content (AvgIpc) is 2.54. The smallest absolute Gasteiger partial charge is 0.220 e. The maximum Gasteiger partial charge on any atom is 0.250 e. The topological polar surface area (TPSA) is 43.6 Å². The molecule has 0 radical (unpaired) electrons. The van der Waals surface area contributed by atoms with Gasteiger partial charge in [0.05, 0.1) is 6.20 Å². The lowest BCUT2D eigenvalue weighted by atomic mass is 10.4. The van der Waals surface area contributed by atoms with Crippen LogP contribution in [0, 0.1) is 6.92 Å². The Balaban J connectivity index is 2.45. The molecule has 0 aromatic carbocycles. The SMILES string of the molecule is Cc1cnn(-c2ncccn2)c1. The van der Waals surface area contributed by atoms with E-state index >= 15 is 0 Å². The van der Waals surface area contributed by atoms with Gasteiger partial charge in [-0.1, -0.05) is 0 Å². The highest BCUT2D eigenvalue weighted by Crippen LogP contribution is 1.99. The number of hydrogen-bond acceptors (Lipinski definition) is 3. The zero-order valence-corrected chi connectivity index (χ0v) is 6.68. The quantitative estimate of drug-likeness (QED) is 0.624. The molecule has 0 spiro atoms. The lowest BCUT2D eigenvalue weighted by molar-refractivity contribution is 0.807. The Labute approximate surface area is 69.9 Å². The first-order valence-electron chi connectivity index (χ1n) is 3.65. The molecule has 0 saturated heterocycles. The van der Waals surface area contributed by atoms with Crippen molar-refractivity contribution in [3.05, 3.63) is 36.4 Å². The standard InChI is InChI=1S/C8H8N4/c1-7-5-11-12(6-7)8-9-3-2-4-10-8/h2-6H,1H3. The van der Waals surface area contributed by atoms with E-state index in [1.54, 1.807) is 29.3 Å². The molecule has 0 atom stereocenters. The van der Waals surface area contributed by atoms with E-state index in [-0.39, 0.29) is 0 Å². The molecule has 0 N–H and O–H groups in total. The van der Waals surface area contributed by atoms with E-state index in [9.17, 15) is 0 Å². The highest BCUT2D eigenvalue weighted by atomic mass is 15.3. The number of hydrogen-bond donors (Lipinski definition) is 0. The number of aryl methyl sites for hydroxylation is 1. The van der Waals surface area contributed by atoms with Gasteiger partial charge in [-0.05, 0) is 18.6 Å². The summed E-state index contributed by atoms with van der Waals surface area (Å²) < 4.78 is 1.65. The molecule has 0 aliphatic rings. The van der Waals surface area contributed by atoms with E-state index in [0.717, 1.165) is 5.56 Å². The van der Waals surface area contributed by atoms with Crippen molar-refractivity contribution in [3.63, 3.8) is 0 Å². The van der Waals surface area contributed by atoms with Gasteiger partial charge in [-0.15, -0.1) is 0 Å². The summed E-state index contributed by atoms with van der Waals surface area (Å²) in [6.07, 6.45) is 7.05. The molecule has 0 fully saturated rings. The fraction of sp³-hybridized carbons (Fsp3) is 0.125. The van der Waals surface area contributed by atoms with E-state index in [4.69, 9.17) is 0 Å². The predicted molar refractivity (Wildman–Crippen MR) is 43.9 cm³/mol. The van der Waals surface area contributed by atoms with Crippen LogP contribution < -0.4 is 0 Å². The highest BCUT2D eigenvalue weighted by Gasteiger charge is 1.97. The average molecular weight is 160 g/mol. The second-order valence-electron chi connectivity index (χ2n) is 2.51. The van der Waals surface area contributed by atoms with E-state index in [1.165, 1.54) is 0 Å². The maximum absolute atomic E-state index is 4.08. The van der Waals surface area contributed by atoms with E-state index in [1.807, 2.05) is 13.1 Å². The van der Waals surface area contributed by atoms with Crippen LogP contribution in [-0.4, -0.2) is 19.7 Å². The van der Waals surface area contributed by atoms with Crippen molar-refractivity contribution in [2.24, 2.45) is 0 Å². The molecular formula is C8H8N4. The zero-order valence-electron chi connectivity index (χ0n) is 6.68. The molecule has 0 unspecified atom stereocenters. The summed E-state index contributed by atoms with van der Waals surface area (Å²) in [5.74, 6) is 0.602. The summed E-state index contributed by atoms with van der Waals surface area (Å²) in [5.41, 5.74) is 1.10. The monoisotopic (exact) mass is 160 g/mol. The van der Waals surface area contributed by atoms with Crippen molar-refractivity contribution in [3.8, 4) is 5.95 Å². The first-order chi connectivity index (χ1) is 5.86. The fourth-order valence-corrected chi connectivity index (χ4v) is 0.932. The Morgan fingerprint density at radius 3 is 2.58 bits per heavy atom. The molecule has 2 heterocycles. The van der Waals surface area contributed by atoms with Gasteiger partial charge in [0.2, 0.25) is 5.95 Å². The third-order valence-corrected chi connectivity index (χ3v) is 1.47. The number of nitrogens with zero attached hydrogens (tertiary/aromatic N) is 4. The Morgan fingerprint density at radius 2 is 2.00 bits per heavy atom. The minimum atomic E-state index is 0.602. The lowest BCUT2D eigenvalue weighted by Crippen LogP contribution is -1.99. The van der Waals surface area contributed by atoms with E-state index in [0.29, 0.717) is 5.95 Å². The van der Waals surface area contributed by atoms with Gasteiger partial charge in [-0.2, -0.15) is 5.10 Å². The van der Waals surface area contributed by atoms with Crippen LogP contribution in [0.4, 0.5) is 0 Å². The van der Waals surface area contributed by atoms with Crippen LogP contribution in [0.5, 0.6) is 0 Å². The van der Waals surface area contributed by atoms with Gasteiger partial charge in [-0.3, -0.25) is 0 Å². The molecule has 4 heteroatoms. The molecule has 2 aromatic heterocycles. The normalized spacial score (nSPS) is 10.1. The van der Waals surface area contributed by atoms with Gasteiger partial charge >= 0.3 is 0 Å². The molecule has 0 amide bonds. The second-order valence-corrected chi connectivity index (χ2v) is 2.51. The largest absolute Gasteiger partial charge is 0.250 e. The van der Waals surface area contributed by atoms with Crippen LogP contribution in [0.15, 0.2) is 30.9 Å². The van der Waals surface area contributed by atoms with Gasteiger partial charge in [0, 0.05) is 18.6 Å². The fourth-order valence-electron chi connectivity index (χ4n) is 0.932. The summed E-state index contributed by atoms with van der Waals surface area (Å²) in [4.78, 5) is 8.10. The van der Waals surface area contributed by atoms with Crippen molar-refractivity contribution in [2.75, 3.05) is 0 Å². The Morgan fingerprint density at radius 1 is 1.25 bits per heavy atom. The minimum Gasteiger partial charge on any atom is -0.220 e. The zero-order chi connectivity index (χ0) is 8.39. The molecule has 0 aliphatic heterocycles. The second kappa shape index (κ2) is 2.73. The molecule has 0 bridgehead atoms. The predicted octanol–water partition coefficient (Wildman–Crippen LogP) is 0.971. The third-order valence-electron chi connectivity index (χ3n) is 1.47. The molecule has 2 aromatic rings. The highest BCUT2D eigenvalue weighted by molar-refractivity contribution is 5.11. The first-order valence-corrected chi connectivity index (χ1v) is 3.65. The van der Waals surface area contributed by atoms with Gasteiger partial charge in [0.15, 0.2) is 0 Å². The van der Waals surface area contributed by atoms with Crippen LogP contribution in [-0.2, 0) is 0 Å². The van der Waals surface area contributed by atoms with Crippen LogP contribution in [0.1, 0.15) is 5.56 Å². The summed E-state index contributed by atoms with van der Waals surface area (Å²) in [6.45, 7) is 1.98. The van der Waals surface area contributed by atoms with Crippen LogP contribution >= 0.6 is 0 Å². The van der Waals surface area contributed by atoms with Crippen LogP contribution in [0.3, 0.4) is 0 Å². The summed E-state index contributed by atoms with van der Waals surface area (Å²) in [6, 6.07) is 1.78. The van der Waals surface area contributed by atoms with E-state index in [2.05, 4.69) is 15.1 Å². The number of rotatable bonds is 1. The Kier molecular flexibility index (Phi) is 1.59. The van der Waals surface area contributed by atoms with Crippen LogP contribution in [0.2, 0.25) is 0 Å². The van der Waals surface area contributed by atoms with Gasteiger partial charge < -0.3 is 0 Å². The van der Waals surface area contributed by atoms with Crippen molar-refractivity contribution in [1.29, 1.82) is 0 Å². The lowest BCUT2D eigenvalue weighted by Gasteiger charge is -1.95. The summed E-state index contributed by atoms with van der Waals surface area (Å²) in [7, 11) is 0. The summed E-state index contributed by atoms with van der Waals surface area (Å²) in [5, 5.41) is 4.08. The molecule has 0 aliphatic carbocycles. The maximum atomic E-state index is 4.08. The van der Waals surface area contributed by atoms with Gasteiger partial charge in [-0.25, -0.2) is 14.6 Å². The Hall–Kier alpha value is -1.71. The van der Waals surface area contributed by atoms with Crippen molar-refractivity contribution in [2.45, 2.75) is 6.92 Å². The van der Waals surface area contributed by atoms with Gasteiger partial charge in [0.1, 0.15) is 0 Å². The van der Waals surface area contributed by atoms with Crippen molar-refractivity contribution >= 4 is 0 Å². The van der Waals surface area contributed by atoms with Crippen LogP contribution in [0.25, 0.3) is 5.95 Å². The molecule has 4 nitrogen and oxygen atoms in total. The molecule has 2 rings (SSSR count). The first kappa shape index (κ1) is 6.97. The van der Waals surface area contributed by atoms with E-state index < -0.39 is 0 Å². The van der Waals surface area contributed by atoms with Crippen molar-refractivity contribution in [1.82, 2.24) is 19.7 Å².